The molecule has 0 aliphatic carbocycles. The molecule has 4 atom stereocenters. The Morgan fingerprint density at radius 3 is 1.61 bits per heavy atom. The van der Waals surface area contributed by atoms with E-state index in [1.807, 2.05) is 9.80 Å². The number of fused-ring (bicyclic) bond motifs is 1. The first-order valence-corrected chi connectivity index (χ1v) is 20.2. The number of unbranched alkanes of at least 4 members (excludes halogenated alkanes) is 6. The largest absolute Gasteiger partial charge is 0.790 e. The number of nitrogens with one attached hydrogen (secondary N) is 3. The van der Waals surface area contributed by atoms with Crippen molar-refractivity contribution in [2.45, 2.75) is 143 Å². The highest BCUT2D eigenvalue weighted by Gasteiger charge is 2.44. The van der Waals surface area contributed by atoms with Crippen LogP contribution in [-0.2, 0) is 13.8 Å². The van der Waals surface area contributed by atoms with Crippen LogP contribution in [0.1, 0.15) is 125 Å². The summed E-state index contributed by atoms with van der Waals surface area (Å²) in [5, 5.41) is 19.9. The minimum absolute atomic E-state index is 0.00103. The van der Waals surface area contributed by atoms with Crippen molar-refractivity contribution < 1.29 is 43.6 Å². The highest BCUT2D eigenvalue weighted by Crippen LogP contribution is 2.33. The van der Waals surface area contributed by atoms with E-state index in [-0.39, 0.29) is 11.2 Å². The molecule has 286 valence electrons. The van der Waals surface area contributed by atoms with Gasteiger partial charge in [0.2, 0.25) is 0 Å². The lowest BCUT2D eigenvalue weighted by atomic mass is 10.1. The molecule has 3 heterocycles. The number of rotatable bonds is 22. The van der Waals surface area contributed by atoms with Crippen molar-refractivity contribution in [2.75, 3.05) is 45.9 Å². The van der Waals surface area contributed by atoms with Gasteiger partial charge in [-0.05, 0) is 38.5 Å². The van der Waals surface area contributed by atoms with E-state index in [1.54, 1.807) is 0 Å². The maximum absolute atomic E-state index is 11.6. The average molecular weight is 719 g/mol. The van der Waals surface area contributed by atoms with Crippen molar-refractivity contribution in [2.24, 2.45) is 0 Å². The van der Waals surface area contributed by atoms with E-state index in [0.29, 0.717) is 0 Å². The zero-order valence-corrected chi connectivity index (χ0v) is 31.9. The molecule has 0 spiro atoms. The maximum Gasteiger partial charge on any atom is 0.278 e. The first-order valence-electron chi connectivity index (χ1n) is 18.7. The second-order valence-electron chi connectivity index (χ2n) is 13.0. The lowest BCUT2D eigenvalue weighted by molar-refractivity contribution is -0.900. The fourth-order valence-electron chi connectivity index (χ4n) is 5.62. The Balaban J connectivity index is 0.000000399. The Morgan fingerprint density at radius 2 is 1.22 bits per heavy atom. The number of hydrogen-bond acceptors (Lipinski definition) is 10. The van der Waals surface area contributed by atoms with Crippen LogP contribution in [0.25, 0.3) is 11.2 Å². The minimum Gasteiger partial charge on any atom is -0.790 e. The van der Waals surface area contributed by atoms with E-state index in [0.717, 1.165) is 6.33 Å². The van der Waals surface area contributed by atoms with Gasteiger partial charge in [-0.1, -0.05) is 80.1 Å². The van der Waals surface area contributed by atoms with Gasteiger partial charge in [0.05, 0.1) is 66.4 Å². The van der Waals surface area contributed by atoms with E-state index in [2.05, 4.69) is 61.0 Å². The Hall–Kier alpha value is -1.74. The molecular weight excluding hydrogens is 651 g/mol. The molecule has 2 aromatic heterocycles. The van der Waals surface area contributed by atoms with Gasteiger partial charge in [-0.25, -0.2) is 9.97 Å². The van der Waals surface area contributed by atoms with Gasteiger partial charge in [-0.2, -0.15) is 0 Å². The predicted molar refractivity (Wildman–Crippen MR) is 188 cm³/mol. The third-order valence-corrected chi connectivity index (χ3v) is 9.14. The zero-order valence-electron chi connectivity index (χ0n) is 31.0. The van der Waals surface area contributed by atoms with E-state index in [4.69, 9.17) is 4.74 Å². The zero-order chi connectivity index (χ0) is 36.7. The third-order valence-electron chi connectivity index (χ3n) is 8.68. The molecule has 2 aromatic rings. The van der Waals surface area contributed by atoms with E-state index < -0.39 is 44.5 Å². The van der Waals surface area contributed by atoms with Crippen molar-refractivity contribution in [3.05, 3.63) is 23.0 Å². The number of aromatic amines is 1. The van der Waals surface area contributed by atoms with Gasteiger partial charge in [-0.3, -0.25) is 9.36 Å². The van der Waals surface area contributed by atoms with Crippen molar-refractivity contribution >= 4 is 19.0 Å². The van der Waals surface area contributed by atoms with Crippen molar-refractivity contribution in [1.82, 2.24) is 19.5 Å². The smallest absolute Gasteiger partial charge is 0.278 e. The number of phosphoric ester groups is 1. The molecule has 14 nitrogen and oxygen atoms in total. The van der Waals surface area contributed by atoms with Crippen molar-refractivity contribution in [3.8, 4) is 0 Å². The number of hydrogen-bond donors (Lipinski definition) is 5. The van der Waals surface area contributed by atoms with Crippen LogP contribution >= 0.6 is 7.82 Å². The average Bonchev–Trinajstić information content (AvgIpc) is 3.64. The first kappa shape index (κ1) is 45.3. The number of aliphatic hydroxyl groups excluding tert-OH is 2. The van der Waals surface area contributed by atoms with Gasteiger partial charge in [0.25, 0.3) is 5.56 Å². The molecule has 1 aliphatic heterocycles. The fraction of sp³-hybridized carbons (Fsp3) is 0.853. The van der Waals surface area contributed by atoms with Crippen LogP contribution in [0.3, 0.4) is 0 Å². The summed E-state index contributed by atoms with van der Waals surface area (Å²) in [5.74, 6) is 0. The van der Waals surface area contributed by atoms with Crippen LogP contribution in [0.2, 0.25) is 0 Å². The standard InChI is InChI=1S/2C12H27N.C10H13N4O8P/c2*1-4-7-10-13(11-8-5-2)12-9-6-3;15-6-4(1-21-23(18,19)20)22-10(7(6)16)14-3-13-5-8(14)11-2-12-9(5)17/h2*4-12H2,1-3H3;2-4,6-7,10,15-16H,1H2,(H,11,12,17)(H2,18,19,20)/t;;4-,6-,7-,10-/m..1/s1. The van der Waals surface area contributed by atoms with Gasteiger partial charge in [0, 0.05) is 0 Å². The number of phosphoric acid groups is 1. The van der Waals surface area contributed by atoms with Gasteiger partial charge in [-0.15, -0.1) is 0 Å². The highest BCUT2D eigenvalue weighted by molar-refractivity contribution is 7.43. The Labute approximate surface area is 293 Å². The number of quaternary nitrogens is 2. The van der Waals surface area contributed by atoms with Crippen molar-refractivity contribution in [1.29, 1.82) is 0 Å². The van der Waals surface area contributed by atoms with Gasteiger partial charge < -0.3 is 48.6 Å². The van der Waals surface area contributed by atoms with Gasteiger partial charge in [0.15, 0.2) is 17.4 Å². The lowest BCUT2D eigenvalue weighted by Gasteiger charge is -2.30. The number of nitrogens with zero attached hydrogens (tertiary/aromatic N) is 3. The van der Waals surface area contributed by atoms with Gasteiger partial charge >= 0.3 is 0 Å². The number of aliphatic hydroxyl groups is 2. The summed E-state index contributed by atoms with van der Waals surface area (Å²) in [6.07, 6.45) is 13.4. The summed E-state index contributed by atoms with van der Waals surface area (Å²) < 4.78 is 21.1. The van der Waals surface area contributed by atoms with Crippen LogP contribution in [0.4, 0.5) is 0 Å². The van der Waals surface area contributed by atoms with Crippen LogP contribution in [0, 0.1) is 0 Å². The molecule has 5 N–H and O–H groups in total. The minimum atomic E-state index is -5.24. The summed E-state index contributed by atoms with van der Waals surface area (Å²) in [6.45, 7) is 21.4. The van der Waals surface area contributed by atoms with E-state index >= 15 is 0 Å². The number of ether oxygens (including phenoxy) is 1. The maximum atomic E-state index is 11.6. The molecule has 0 unspecified atom stereocenters. The quantitative estimate of drug-likeness (QED) is 0.110. The Kier molecular flexibility index (Phi) is 24.1. The number of H-pyrrole nitrogens is 1. The molecule has 3 rings (SSSR count). The molecule has 0 radical (unpaired) electrons. The van der Waals surface area contributed by atoms with Crippen LogP contribution < -0.4 is 25.1 Å². The predicted octanol–water partition coefficient (Wildman–Crippen LogP) is 1.13. The normalized spacial score (nSPS) is 19.3. The highest BCUT2D eigenvalue weighted by atomic mass is 31.2. The summed E-state index contributed by atoms with van der Waals surface area (Å²) in [7, 11) is -5.24. The summed E-state index contributed by atoms with van der Waals surface area (Å²) in [4.78, 5) is 46.3. The van der Waals surface area contributed by atoms with E-state index in [9.17, 15) is 29.4 Å². The first-order chi connectivity index (χ1) is 23.5. The van der Waals surface area contributed by atoms with Crippen LogP contribution in [0.15, 0.2) is 17.4 Å². The summed E-state index contributed by atoms with van der Waals surface area (Å²) in [6, 6.07) is 0. The lowest BCUT2D eigenvalue weighted by Crippen LogP contribution is -3.12. The molecule has 0 saturated carbocycles. The van der Waals surface area contributed by atoms with Crippen LogP contribution in [-0.4, -0.2) is 93.9 Å². The Bertz CT molecular complexity index is 1150. The molecule has 1 aliphatic rings. The SMILES string of the molecule is CCCC[NH+](CCCC)CCCC.CCCC[NH+](CCCC)CCCC.O=c1[nH]cnc2c1ncn2[C@@H]1O[C@H](COP(=O)([O-])[O-])[C@@H](O)[C@H]1O. The molecule has 49 heavy (non-hydrogen) atoms. The van der Waals surface area contributed by atoms with Gasteiger partial charge in [0.1, 0.15) is 18.3 Å². The van der Waals surface area contributed by atoms with E-state index in [1.165, 1.54) is 127 Å². The van der Waals surface area contributed by atoms with Crippen LogP contribution in [0.5, 0.6) is 0 Å². The molecule has 1 saturated heterocycles. The number of imidazole rings is 1. The topological polar surface area (TPSA) is 195 Å². The molecule has 0 bridgehead atoms. The molecule has 1 fully saturated rings. The summed E-state index contributed by atoms with van der Waals surface area (Å²) >= 11 is 0. The second kappa shape index (κ2) is 26.1. The molecule has 0 amide bonds. The molecular formula is C34H67N6O8P. The summed E-state index contributed by atoms with van der Waals surface area (Å²) in [5.41, 5.74) is -0.397. The van der Waals surface area contributed by atoms with Crippen molar-refractivity contribution in [3.63, 3.8) is 0 Å². The molecule has 15 heteroatoms. The molecule has 0 aromatic carbocycles. The monoisotopic (exact) mass is 718 g/mol. The Morgan fingerprint density at radius 1 is 0.796 bits per heavy atom. The second-order valence-corrected chi connectivity index (χ2v) is 14.1. The fourth-order valence-corrected chi connectivity index (χ4v) is 5.95. The number of aromatic nitrogens is 4. The third kappa shape index (κ3) is 17.8.